The maximum Gasteiger partial charge on any atom is 0.256 e. The molecule has 7 heteroatoms. The minimum atomic E-state index is -0.634. The van der Waals surface area contributed by atoms with Crippen molar-refractivity contribution in [2.75, 3.05) is 16.8 Å². The molecule has 1 aliphatic heterocycles. The highest BCUT2D eigenvalue weighted by molar-refractivity contribution is 6.23. The summed E-state index contributed by atoms with van der Waals surface area (Å²) in [6, 6.07) is 13.3. The molecule has 2 aromatic rings. The second-order valence-corrected chi connectivity index (χ2v) is 6.65. The second kappa shape index (κ2) is 8.56. The lowest BCUT2D eigenvalue weighted by atomic mass is 10.1. The van der Waals surface area contributed by atoms with Crippen LogP contribution in [-0.4, -0.2) is 30.4 Å². The quantitative estimate of drug-likeness (QED) is 0.683. The molecule has 0 aliphatic carbocycles. The molecule has 1 aliphatic rings. The van der Waals surface area contributed by atoms with Crippen LogP contribution in [0.25, 0.3) is 0 Å². The lowest BCUT2D eigenvalue weighted by Gasteiger charge is -2.17. The number of imide groups is 1. The summed E-state index contributed by atoms with van der Waals surface area (Å²) < 4.78 is 5.53. The van der Waals surface area contributed by atoms with Crippen molar-refractivity contribution >= 4 is 29.1 Å². The predicted molar refractivity (Wildman–Crippen MR) is 106 cm³/mol. The van der Waals surface area contributed by atoms with Gasteiger partial charge in [0.05, 0.1) is 25.1 Å². The van der Waals surface area contributed by atoms with Crippen LogP contribution in [0.2, 0.25) is 0 Å². The maximum absolute atomic E-state index is 12.7. The number of anilines is 2. The summed E-state index contributed by atoms with van der Waals surface area (Å²) in [5.41, 5.74) is 7.20. The van der Waals surface area contributed by atoms with Crippen LogP contribution in [0.3, 0.4) is 0 Å². The van der Waals surface area contributed by atoms with Crippen molar-refractivity contribution in [3.05, 3.63) is 54.1 Å². The van der Waals surface area contributed by atoms with E-state index in [4.69, 9.17) is 10.5 Å². The number of primary amides is 1. The minimum absolute atomic E-state index is 0.0793. The van der Waals surface area contributed by atoms with Crippen molar-refractivity contribution in [2.45, 2.75) is 32.2 Å². The minimum Gasteiger partial charge on any atom is -0.494 e. The van der Waals surface area contributed by atoms with Gasteiger partial charge in [0.25, 0.3) is 5.91 Å². The van der Waals surface area contributed by atoms with E-state index in [9.17, 15) is 14.4 Å². The highest BCUT2D eigenvalue weighted by Gasteiger charge is 2.39. The zero-order chi connectivity index (χ0) is 20.1. The molecule has 3 amide bonds. The summed E-state index contributed by atoms with van der Waals surface area (Å²) in [6.07, 6.45) is 1.14. The summed E-state index contributed by atoms with van der Waals surface area (Å²) in [5.74, 6) is -0.252. The molecule has 0 radical (unpaired) electrons. The number of carbonyl (C=O) groups excluding carboxylic acids is 3. The average Bonchev–Trinajstić information content (AvgIpc) is 2.95. The molecule has 1 atom stereocenters. The van der Waals surface area contributed by atoms with Crippen LogP contribution >= 0.6 is 0 Å². The topological polar surface area (TPSA) is 102 Å². The summed E-state index contributed by atoms with van der Waals surface area (Å²) in [7, 11) is 0. The molecule has 1 fully saturated rings. The van der Waals surface area contributed by atoms with Gasteiger partial charge >= 0.3 is 0 Å². The van der Waals surface area contributed by atoms with E-state index in [0.717, 1.165) is 12.0 Å². The van der Waals surface area contributed by atoms with Crippen molar-refractivity contribution in [1.82, 2.24) is 0 Å². The van der Waals surface area contributed by atoms with Crippen LogP contribution in [0.15, 0.2) is 48.5 Å². The maximum atomic E-state index is 12.7. The fraction of sp³-hybridized carbons (Fsp3) is 0.286. The van der Waals surface area contributed by atoms with Crippen LogP contribution in [0.5, 0.6) is 5.75 Å². The normalized spacial score (nSPS) is 16.3. The molecule has 0 bridgehead atoms. The Morgan fingerprint density at radius 2 is 1.82 bits per heavy atom. The zero-order valence-electron chi connectivity index (χ0n) is 15.7. The Labute approximate surface area is 163 Å². The molecule has 3 rings (SSSR count). The summed E-state index contributed by atoms with van der Waals surface area (Å²) in [4.78, 5) is 37.3. The molecule has 3 N–H and O–H groups in total. The van der Waals surface area contributed by atoms with Crippen LogP contribution in [0, 0.1) is 0 Å². The van der Waals surface area contributed by atoms with Gasteiger partial charge in [0.2, 0.25) is 11.8 Å². The van der Waals surface area contributed by atoms with Gasteiger partial charge < -0.3 is 15.8 Å². The van der Waals surface area contributed by atoms with Crippen molar-refractivity contribution in [3.63, 3.8) is 0 Å². The first-order chi connectivity index (χ1) is 13.5. The molecule has 2 aromatic carbocycles. The Morgan fingerprint density at radius 1 is 1.14 bits per heavy atom. The molecular weight excluding hydrogens is 358 g/mol. The van der Waals surface area contributed by atoms with E-state index in [1.54, 1.807) is 48.5 Å². The number of amides is 3. The SMILES string of the molecule is CCCOc1ccc(N2C(=O)CC(Nc3ccc(CC(N)=O)cc3)C2=O)cc1. The van der Waals surface area contributed by atoms with Crippen LogP contribution < -0.4 is 20.7 Å². The predicted octanol–water partition coefficient (Wildman–Crippen LogP) is 2.25. The summed E-state index contributed by atoms with van der Waals surface area (Å²) in [6.45, 7) is 2.64. The van der Waals surface area contributed by atoms with Gasteiger partial charge in [-0.05, 0) is 48.4 Å². The van der Waals surface area contributed by atoms with Gasteiger partial charge in [-0.25, -0.2) is 4.90 Å². The number of hydrogen-bond acceptors (Lipinski definition) is 5. The Bertz CT molecular complexity index is 862. The number of nitrogens with one attached hydrogen (secondary N) is 1. The Balaban J connectivity index is 1.67. The molecule has 28 heavy (non-hydrogen) atoms. The third-order valence-electron chi connectivity index (χ3n) is 4.39. The van der Waals surface area contributed by atoms with Crippen molar-refractivity contribution < 1.29 is 19.1 Å². The average molecular weight is 381 g/mol. The van der Waals surface area contributed by atoms with E-state index in [0.29, 0.717) is 23.7 Å². The van der Waals surface area contributed by atoms with E-state index < -0.39 is 11.9 Å². The van der Waals surface area contributed by atoms with Crippen molar-refractivity contribution in [3.8, 4) is 5.75 Å². The highest BCUT2D eigenvalue weighted by Crippen LogP contribution is 2.27. The molecular formula is C21H23N3O4. The third kappa shape index (κ3) is 4.49. The smallest absolute Gasteiger partial charge is 0.256 e. The summed E-state index contributed by atoms with van der Waals surface area (Å²) >= 11 is 0. The molecule has 1 saturated heterocycles. The monoisotopic (exact) mass is 381 g/mol. The standard InChI is InChI=1S/C21H23N3O4/c1-2-11-28-17-9-7-16(8-10-17)24-20(26)13-18(21(24)27)23-15-5-3-14(4-6-15)12-19(22)25/h3-10,18,23H,2,11-13H2,1H3,(H2,22,25). The molecule has 0 aromatic heterocycles. The number of nitrogens with zero attached hydrogens (tertiary/aromatic N) is 1. The van der Waals surface area contributed by atoms with E-state index in [-0.39, 0.29) is 24.7 Å². The third-order valence-corrected chi connectivity index (χ3v) is 4.39. The fourth-order valence-electron chi connectivity index (χ4n) is 3.05. The van der Waals surface area contributed by atoms with Crippen LogP contribution in [0.1, 0.15) is 25.3 Å². The number of ether oxygens (including phenoxy) is 1. The van der Waals surface area contributed by atoms with Gasteiger partial charge in [0.1, 0.15) is 11.8 Å². The number of benzene rings is 2. The fourth-order valence-corrected chi connectivity index (χ4v) is 3.05. The lowest BCUT2D eigenvalue weighted by molar-refractivity contribution is -0.121. The van der Waals surface area contributed by atoms with E-state index in [1.807, 2.05) is 6.92 Å². The largest absolute Gasteiger partial charge is 0.494 e. The first-order valence-electron chi connectivity index (χ1n) is 9.21. The van der Waals surface area contributed by atoms with E-state index in [1.165, 1.54) is 4.90 Å². The Hall–Kier alpha value is -3.35. The Morgan fingerprint density at radius 3 is 2.43 bits per heavy atom. The second-order valence-electron chi connectivity index (χ2n) is 6.65. The molecule has 1 unspecified atom stereocenters. The lowest BCUT2D eigenvalue weighted by Crippen LogP contribution is -2.34. The molecule has 1 heterocycles. The Kier molecular flexibility index (Phi) is 5.93. The first kappa shape index (κ1) is 19.4. The van der Waals surface area contributed by atoms with Crippen molar-refractivity contribution in [2.24, 2.45) is 5.73 Å². The van der Waals surface area contributed by atoms with Gasteiger partial charge in [0.15, 0.2) is 0 Å². The van der Waals surface area contributed by atoms with Crippen molar-refractivity contribution in [1.29, 1.82) is 0 Å². The van der Waals surface area contributed by atoms with Gasteiger partial charge in [-0.2, -0.15) is 0 Å². The van der Waals surface area contributed by atoms with Gasteiger partial charge in [-0.15, -0.1) is 0 Å². The van der Waals surface area contributed by atoms with Crippen LogP contribution in [0.4, 0.5) is 11.4 Å². The number of nitrogens with two attached hydrogens (primary N) is 1. The molecule has 0 spiro atoms. The molecule has 7 nitrogen and oxygen atoms in total. The number of rotatable bonds is 8. The highest BCUT2D eigenvalue weighted by atomic mass is 16.5. The summed E-state index contributed by atoms with van der Waals surface area (Å²) in [5, 5.41) is 3.09. The van der Waals surface area contributed by atoms with Gasteiger partial charge in [0, 0.05) is 5.69 Å². The molecule has 0 saturated carbocycles. The number of carbonyl (C=O) groups is 3. The first-order valence-corrected chi connectivity index (χ1v) is 9.21. The molecule has 146 valence electrons. The zero-order valence-corrected chi connectivity index (χ0v) is 15.7. The van der Waals surface area contributed by atoms with Gasteiger partial charge in [-0.1, -0.05) is 19.1 Å². The van der Waals surface area contributed by atoms with Gasteiger partial charge in [-0.3, -0.25) is 14.4 Å². The number of hydrogen-bond donors (Lipinski definition) is 2. The van der Waals surface area contributed by atoms with E-state index in [2.05, 4.69) is 5.32 Å². The van der Waals surface area contributed by atoms with E-state index >= 15 is 0 Å². The van der Waals surface area contributed by atoms with Crippen LogP contribution in [-0.2, 0) is 20.8 Å².